The molecule has 4 N–H and O–H groups in total. The van der Waals surface area contributed by atoms with Crippen molar-refractivity contribution in [2.75, 3.05) is 28.2 Å². The molecule has 0 aromatic heterocycles. The Labute approximate surface area is 348 Å². The van der Waals surface area contributed by atoms with Crippen LogP contribution in [0.3, 0.4) is 0 Å². The van der Waals surface area contributed by atoms with E-state index in [1.54, 1.807) is 0 Å². The lowest BCUT2D eigenvalue weighted by Crippen LogP contribution is -2.22. The molecule has 0 heterocycles. The molecule has 58 heavy (non-hydrogen) atoms. The zero-order valence-electron chi connectivity index (χ0n) is 31.2. The summed E-state index contributed by atoms with van der Waals surface area (Å²) in [6.45, 7) is 0. The minimum atomic E-state index is -4.34. The predicted molar refractivity (Wildman–Crippen MR) is 212 cm³/mol. The van der Waals surface area contributed by atoms with Gasteiger partial charge in [-0.3, -0.25) is 4.79 Å². The lowest BCUT2D eigenvalue weighted by Gasteiger charge is -2.14. The number of sulfone groups is 2. The third kappa shape index (κ3) is 11.5. The Morgan fingerprint density at radius 1 is 0.672 bits per heavy atom. The molecule has 2 aliphatic rings. The third-order valence-electron chi connectivity index (χ3n) is 8.68. The molecular weight excluding hydrogens is 875 g/mol. The Hall–Kier alpha value is -4.13. The fourth-order valence-corrected chi connectivity index (χ4v) is 9.10. The second-order valence-corrected chi connectivity index (χ2v) is 18.3. The van der Waals surface area contributed by atoms with Crippen LogP contribution < -0.4 is 5.32 Å². The Morgan fingerprint density at radius 3 is 1.34 bits per heavy atom. The molecular formula is C38H39Cl3F4N2O9S2. The average molecular weight is 914 g/mol. The van der Waals surface area contributed by atoms with Crippen molar-refractivity contribution in [3.63, 3.8) is 0 Å². The van der Waals surface area contributed by atoms with Gasteiger partial charge in [-0.05, 0) is 99.1 Å². The van der Waals surface area contributed by atoms with Crippen LogP contribution >= 0.6 is 35.6 Å². The van der Waals surface area contributed by atoms with E-state index in [2.05, 4.69) is 5.32 Å². The average Bonchev–Trinajstić information content (AvgIpc) is 4.04. The van der Waals surface area contributed by atoms with E-state index >= 15 is 0 Å². The molecule has 4 aromatic carbocycles. The van der Waals surface area contributed by atoms with Crippen molar-refractivity contribution >= 4 is 67.2 Å². The molecule has 316 valence electrons. The van der Waals surface area contributed by atoms with Gasteiger partial charge in [-0.25, -0.2) is 39.2 Å². The summed E-state index contributed by atoms with van der Waals surface area (Å²) < 4.78 is 107. The van der Waals surface area contributed by atoms with Gasteiger partial charge in [0.05, 0.1) is 27.1 Å². The van der Waals surface area contributed by atoms with Gasteiger partial charge in [0.15, 0.2) is 31.2 Å². The minimum absolute atomic E-state index is 0. The van der Waals surface area contributed by atoms with Gasteiger partial charge in [0.1, 0.15) is 33.1 Å². The smallest absolute Gasteiger partial charge is 0.335 e. The van der Waals surface area contributed by atoms with Crippen molar-refractivity contribution in [3.05, 3.63) is 115 Å². The number of carbonyl (C=O) groups is 2. The number of amides is 1. The van der Waals surface area contributed by atoms with Crippen LogP contribution in [-0.4, -0.2) is 77.1 Å². The highest BCUT2D eigenvalue weighted by molar-refractivity contribution is 7.91. The van der Waals surface area contributed by atoms with E-state index < -0.39 is 98.2 Å². The monoisotopic (exact) mass is 912 g/mol. The Balaban J connectivity index is 0.000000287. The number of carboxylic acids is 1. The molecule has 0 bridgehead atoms. The summed E-state index contributed by atoms with van der Waals surface area (Å²) in [5.41, 5.74) is -0.412. The topological polar surface area (TPSA) is 178 Å². The summed E-state index contributed by atoms with van der Waals surface area (Å²) in [6.07, 6.45) is 3.01. The second-order valence-electron chi connectivity index (χ2n) is 13.6. The molecule has 1 amide bonds. The Morgan fingerprint density at radius 2 is 1.02 bits per heavy atom. The normalized spacial score (nSPS) is 13.6. The molecule has 2 saturated carbocycles. The van der Waals surface area contributed by atoms with E-state index in [-0.39, 0.29) is 57.1 Å². The number of carbonyl (C=O) groups excluding carboxylic acids is 1. The van der Waals surface area contributed by atoms with Gasteiger partial charge in [0.25, 0.3) is 5.91 Å². The maximum absolute atomic E-state index is 14.2. The Kier molecular flexibility index (Phi) is 16.0. The van der Waals surface area contributed by atoms with Crippen LogP contribution in [0, 0.1) is 23.3 Å². The maximum Gasteiger partial charge on any atom is 0.335 e. The van der Waals surface area contributed by atoms with Crippen LogP contribution in [-0.2, 0) is 31.2 Å². The van der Waals surface area contributed by atoms with E-state index in [0.717, 1.165) is 49.9 Å². The second kappa shape index (κ2) is 19.3. The molecule has 0 atom stereocenters. The first-order chi connectivity index (χ1) is 26.5. The Bertz CT molecular complexity index is 2450. The highest BCUT2D eigenvalue weighted by atomic mass is 35.5. The number of rotatable bonds is 10. The van der Waals surface area contributed by atoms with Gasteiger partial charge in [0.2, 0.25) is 0 Å². The minimum Gasteiger partial charge on any atom is -0.505 e. The molecule has 0 saturated heterocycles. The van der Waals surface area contributed by atoms with Gasteiger partial charge in [0, 0.05) is 42.9 Å². The summed E-state index contributed by atoms with van der Waals surface area (Å²) in [4.78, 5) is 23.2. The largest absolute Gasteiger partial charge is 0.505 e. The number of halogens is 7. The van der Waals surface area contributed by atoms with Crippen molar-refractivity contribution in [1.82, 2.24) is 10.2 Å². The van der Waals surface area contributed by atoms with Crippen LogP contribution in [0.1, 0.15) is 80.5 Å². The van der Waals surface area contributed by atoms with Crippen LogP contribution in [0.15, 0.2) is 58.3 Å². The summed E-state index contributed by atoms with van der Waals surface area (Å²) in [5.74, 6) is -8.71. The molecule has 2 aliphatic carbocycles. The number of hydrogen-bond donors (Lipinski definition) is 4. The highest BCUT2D eigenvalue weighted by Crippen LogP contribution is 2.44. The van der Waals surface area contributed by atoms with E-state index in [1.807, 2.05) is 14.1 Å². The van der Waals surface area contributed by atoms with E-state index in [9.17, 15) is 54.2 Å². The highest BCUT2D eigenvalue weighted by Gasteiger charge is 2.32. The van der Waals surface area contributed by atoms with Crippen molar-refractivity contribution in [1.29, 1.82) is 0 Å². The summed E-state index contributed by atoms with van der Waals surface area (Å²) in [6, 6.07) is 7.51. The van der Waals surface area contributed by atoms with Crippen molar-refractivity contribution in [2.45, 2.75) is 58.8 Å². The third-order valence-corrected chi connectivity index (χ3v) is 12.6. The zero-order chi connectivity index (χ0) is 42.7. The molecule has 0 unspecified atom stereocenters. The number of nitrogens with zero attached hydrogens (tertiary/aromatic N) is 1. The molecule has 4 aromatic rings. The molecule has 2 fully saturated rings. The zero-order valence-corrected chi connectivity index (χ0v) is 35.2. The van der Waals surface area contributed by atoms with E-state index in [1.165, 1.54) is 31.1 Å². The van der Waals surface area contributed by atoms with Crippen molar-refractivity contribution in [3.8, 4) is 11.5 Å². The first-order valence-corrected chi connectivity index (χ1v) is 21.1. The first-order valence-electron chi connectivity index (χ1n) is 17.0. The molecule has 0 spiro atoms. The number of carboxylic acid groups (broad SMARTS) is 1. The number of aromatic carboxylic acids is 1. The first kappa shape index (κ1) is 48.2. The fourth-order valence-electron chi connectivity index (χ4n) is 5.55. The van der Waals surface area contributed by atoms with Crippen LogP contribution in [0.25, 0.3) is 0 Å². The van der Waals surface area contributed by atoms with Crippen LogP contribution in [0.5, 0.6) is 11.5 Å². The van der Waals surface area contributed by atoms with Crippen LogP contribution in [0.2, 0.25) is 10.0 Å². The number of phenolic OH excluding ortho intramolecular Hbond substituents is 2. The van der Waals surface area contributed by atoms with Crippen LogP contribution in [0.4, 0.5) is 17.6 Å². The molecule has 11 nitrogen and oxygen atoms in total. The molecule has 6 rings (SSSR count). The molecule has 0 radical (unpaired) electrons. The maximum atomic E-state index is 14.2. The van der Waals surface area contributed by atoms with Crippen molar-refractivity contribution in [2.24, 2.45) is 0 Å². The summed E-state index contributed by atoms with van der Waals surface area (Å²) in [7, 11) is -1.91. The number of phenols is 2. The fraction of sp³-hybridized carbons (Fsp3) is 0.316. The number of benzene rings is 4. The van der Waals surface area contributed by atoms with Gasteiger partial charge >= 0.3 is 5.97 Å². The molecule has 20 heteroatoms. The van der Waals surface area contributed by atoms with Gasteiger partial charge in [-0.1, -0.05) is 23.2 Å². The summed E-state index contributed by atoms with van der Waals surface area (Å²) >= 11 is 11.6. The van der Waals surface area contributed by atoms with Crippen molar-refractivity contribution < 1.29 is 59.3 Å². The molecule has 0 aliphatic heterocycles. The quantitative estimate of drug-likeness (QED) is 0.114. The predicted octanol–water partition coefficient (Wildman–Crippen LogP) is 8.01. The van der Waals surface area contributed by atoms with E-state index in [0.29, 0.717) is 12.1 Å². The van der Waals surface area contributed by atoms with Gasteiger partial charge in [-0.15, -0.1) is 12.4 Å². The van der Waals surface area contributed by atoms with Gasteiger partial charge < -0.3 is 25.5 Å². The number of nitrogens with one attached hydrogen (secondary N) is 1. The summed E-state index contributed by atoms with van der Waals surface area (Å²) in [5, 5.41) is 31.1. The lowest BCUT2D eigenvalue weighted by molar-refractivity contribution is 0.0696. The van der Waals surface area contributed by atoms with Gasteiger partial charge in [-0.2, -0.15) is 0 Å². The SMILES string of the molecule is CN(C)C(=O)c1cc(Cl)c(O)c(S(=O)(=O)Cc2cc(C3CC3)c(F)cc2F)c1.CNC.Cl.O=C(O)c1cc(Cl)c(O)c(S(=O)(=O)Cc2cc(C3CC3)c(F)cc2F)c1. The standard InChI is InChI=1S/C19H18ClF2NO4S.C17H13ClF2O5S.C2H7N.ClH/c1-23(2)19(25)11-6-14(20)18(24)17(7-11)28(26,27)9-12-5-13(10-3-4-10)16(22)8-15(12)21;18-12-4-9(17(22)23)5-15(16(12)21)26(24,25)7-10-3-11(8-1-2-8)14(20)6-13(10)19;1-3-2;/h5-8,10,24H,3-4,9H2,1-2H3;3-6,8,21H,1-2,7H2,(H,22,23);3H,1-2H3;1H. The number of aromatic hydroxyl groups is 2. The number of hydrogen-bond acceptors (Lipinski definition) is 9. The lowest BCUT2D eigenvalue weighted by atomic mass is 10.1. The van der Waals surface area contributed by atoms with E-state index in [4.69, 9.17) is 28.3 Å².